The summed E-state index contributed by atoms with van der Waals surface area (Å²) in [5.41, 5.74) is 1.83. The van der Waals surface area contributed by atoms with Crippen LogP contribution in [-0.4, -0.2) is 42.7 Å². The van der Waals surface area contributed by atoms with Gasteiger partial charge < -0.3 is 20.7 Å². The third-order valence-corrected chi connectivity index (χ3v) is 5.25. The topological polar surface area (TPSA) is 92.3 Å². The van der Waals surface area contributed by atoms with Crippen LogP contribution in [0, 0.1) is 5.92 Å². The standard InChI is InChI=1S/C22H28N4O3/c1-29-20-14-17(21(27)24-13-11-16-6-5-12-23-15-16)9-10-19(20)26-22(28)25-18-7-3-2-4-8-18/h2-8,12,15,17,19-20H,9-11,13-14H2,1H3,(H,24,27)(H2,25,26,28)/t17-,19-,20-/m0/s1. The lowest BCUT2D eigenvalue weighted by Gasteiger charge is -2.35. The molecule has 0 radical (unpaired) electrons. The van der Waals surface area contributed by atoms with Crippen LogP contribution in [0.1, 0.15) is 24.8 Å². The summed E-state index contributed by atoms with van der Waals surface area (Å²) in [4.78, 5) is 28.9. The maximum Gasteiger partial charge on any atom is 0.319 e. The number of para-hydroxylation sites is 1. The summed E-state index contributed by atoms with van der Waals surface area (Å²) in [6, 6.07) is 12.8. The van der Waals surface area contributed by atoms with Crippen molar-refractivity contribution < 1.29 is 14.3 Å². The predicted molar refractivity (Wildman–Crippen MR) is 111 cm³/mol. The van der Waals surface area contributed by atoms with Crippen molar-refractivity contribution in [3.05, 3.63) is 60.4 Å². The van der Waals surface area contributed by atoms with E-state index in [1.165, 1.54) is 0 Å². The summed E-state index contributed by atoms with van der Waals surface area (Å²) >= 11 is 0. The van der Waals surface area contributed by atoms with Crippen molar-refractivity contribution in [2.75, 3.05) is 19.0 Å². The van der Waals surface area contributed by atoms with Crippen LogP contribution in [0.3, 0.4) is 0 Å². The predicted octanol–water partition coefficient (Wildman–Crippen LogP) is 2.75. The minimum absolute atomic E-state index is 0.0446. The summed E-state index contributed by atoms with van der Waals surface area (Å²) in [6.07, 6.45) is 6.11. The number of anilines is 1. The molecule has 1 aliphatic carbocycles. The van der Waals surface area contributed by atoms with Crippen LogP contribution in [0.4, 0.5) is 10.5 Å². The van der Waals surface area contributed by atoms with Gasteiger partial charge in [-0.1, -0.05) is 24.3 Å². The van der Waals surface area contributed by atoms with Gasteiger partial charge in [-0.3, -0.25) is 9.78 Å². The molecule has 3 amide bonds. The van der Waals surface area contributed by atoms with Gasteiger partial charge in [0.2, 0.25) is 5.91 Å². The van der Waals surface area contributed by atoms with Crippen molar-refractivity contribution in [1.82, 2.24) is 15.6 Å². The molecular formula is C22H28N4O3. The number of methoxy groups -OCH3 is 1. The number of ether oxygens (including phenoxy) is 1. The van der Waals surface area contributed by atoms with Crippen LogP contribution in [0.2, 0.25) is 0 Å². The Labute approximate surface area is 171 Å². The van der Waals surface area contributed by atoms with E-state index in [0.717, 1.165) is 24.1 Å². The SMILES string of the molecule is CO[C@H]1C[C@@H](C(=O)NCCc2cccnc2)CC[C@@H]1NC(=O)Nc1ccccc1. The van der Waals surface area contributed by atoms with Crippen molar-refractivity contribution in [1.29, 1.82) is 0 Å². The van der Waals surface area contributed by atoms with Gasteiger partial charge in [0.1, 0.15) is 0 Å². The summed E-state index contributed by atoms with van der Waals surface area (Å²) < 4.78 is 5.58. The molecule has 7 nitrogen and oxygen atoms in total. The van der Waals surface area contributed by atoms with Crippen molar-refractivity contribution in [3.63, 3.8) is 0 Å². The van der Waals surface area contributed by atoms with E-state index >= 15 is 0 Å². The van der Waals surface area contributed by atoms with E-state index in [1.54, 1.807) is 13.3 Å². The van der Waals surface area contributed by atoms with E-state index in [4.69, 9.17) is 4.74 Å². The van der Waals surface area contributed by atoms with Crippen LogP contribution >= 0.6 is 0 Å². The zero-order valence-corrected chi connectivity index (χ0v) is 16.6. The fourth-order valence-corrected chi connectivity index (χ4v) is 3.67. The number of nitrogens with one attached hydrogen (secondary N) is 3. The lowest BCUT2D eigenvalue weighted by atomic mass is 9.83. The molecule has 2 aromatic rings. The lowest BCUT2D eigenvalue weighted by molar-refractivity contribution is -0.127. The van der Waals surface area contributed by atoms with Gasteiger partial charge in [-0.05, 0) is 49.4 Å². The monoisotopic (exact) mass is 396 g/mol. The van der Waals surface area contributed by atoms with E-state index < -0.39 is 0 Å². The van der Waals surface area contributed by atoms with Gasteiger partial charge in [0.05, 0.1) is 12.1 Å². The van der Waals surface area contributed by atoms with Crippen LogP contribution in [0.25, 0.3) is 0 Å². The number of aromatic nitrogens is 1. The fourth-order valence-electron chi connectivity index (χ4n) is 3.67. The van der Waals surface area contributed by atoms with Crippen molar-refractivity contribution in [3.8, 4) is 0 Å². The minimum Gasteiger partial charge on any atom is -0.379 e. The number of hydrogen-bond acceptors (Lipinski definition) is 4. The van der Waals surface area contributed by atoms with Gasteiger partial charge >= 0.3 is 6.03 Å². The average molecular weight is 396 g/mol. The second kappa shape index (κ2) is 10.6. The molecule has 1 fully saturated rings. The first kappa shape index (κ1) is 20.8. The maximum absolute atomic E-state index is 12.5. The second-order valence-electron chi connectivity index (χ2n) is 7.26. The molecule has 3 rings (SSSR count). The molecule has 7 heteroatoms. The van der Waals surface area contributed by atoms with Crippen molar-refractivity contribution in [2.24, 2.45) is 5.92 Å². The number of amides is 3. The summed E-state index contributed by atoms with van der Waals surface area (Å²) in [5, 5.41) is 8.81. The quantitative estimate of drug-likeness (QED) is 0.671. The molecule has 0 aliphatic heterocycles. The first-order valence-electron chi connectivity index (χ1n) is 9.97. The molecule has 1 heterocycles. The molecule has 0 saturated heterocycles. The van der Waals surface area contributed by atoms with Gasteiger partial charge in [-0.25, -0.2) is 4.79 Å². The minimum atomic E-state index is -0.261. The first-order valence-corrected chi connectivity index (χ1v) is 9.97. The zero-order chi connectivity index (χ0) is 20.5. The van der Waals surface area contributed by atoms with Crippen molar-refractivity contribution in [2.45, 2.75) is 37.8 Å². The smallest absolute Gasteiger partial charge is 0.319 e. The van der Waals surface area contributed by atoms with Gasteiger partial charge in [-0.2, -0.15) is 0 Å². The Bertz CT molecular complexity index is 785. The van der Waals surface area contributed by atoms with Crippen LogP contribution in [0.15, 0.2) is 54.9 Å². The normalized spacial score (nSPS) is 21.2. The number of nitrogens with zero attached hydrogens (tertiary/aromatic N) is 1. The molecule has 1 saturated carbocycles. The molecule has 154 valence electrons. The van der Waals surface area contributed by atoms with E-state index in [9.17, 15) is 9.59 Å². The molecule has 1 aromatic carbocycles. The fraction of sp³-hybridized carbons (Fsp3) is 0.409. The molecule has 3 atom stereocenters. The Hall–Kier alpha value is -2.93. The summed E-state index contributed by atoms with van der Waals surface area (Å²) in [5.74, 6) is -0.0628. The second-order valence-corrected chi connectivity index (χ2v) is 7.26. The van der Waals surface area contributed by atoms with Gasteiger partial charge in [-0.15, -0.1) is 0 Å². The number of rotatable bonds is 7. The molecular weight excluding hydrogens is 368 g/mol. The third kappa shape index (κ3) is 6.29. The van der Waals surface area contributed by atoms with Gasteiger partial charge in [0, 0.05) is 37.7 Å². The summed E-state index contributed by atoms with van der Waals surface area (Å²) in [7, 11) is 1.62. The van der Waals surface area contributed by atoms with Crippen molar-refractivity contribution >= 4 is 17.6 Å². The molecule has 0 bridgehead atoms. The van der Waals surface area contributed by atoms with E-state index in [0.29, 0.717) is 19.4 Å². The molecule has 1 aromatic heterocycles. The van der Waals surface area contributed by atoms with Gasteiger partial charge in [0.25, 0.3) is 0 Å². The largest absolute Gasteiger partial charge is 0.379 e. The Morgan fingerprint density at radius 2 is 1.97 bits per heavy atom. The van der Waals surface area contributed by atoms with Crippen LogP contribution in [-0.2, 0) is 16.0 Å². The Kier molecular flexibility index (Phi) is 7.58. The highest BCUT2D eigenvalue weighted by molar-refractivity contribution is 5.89. The van der Waals surface area contributed by atoms with E-state index in [-0.39, 0.29) is 30.0 Å². The average Bonchev–Trinajstić information content (AvgIpc) is 2.75. The molecule has 29 heavy (non-hydrogen) atoms. The number of carbonyl (C=O) groups is 2. The molecule has 0 unspecified atom stereocenters. The Morgan fingerprint density at radius 3 is 2.69 bits per heavy atom. The molecule has 0 spiro atoms. The van der Waals surface area contributed by atoms with E-state index in [1.807, 2.05) is 48.7 Å². The number of urea groups is 1. The highest BCUT2D eigenvalue weighted by Crippen LogP contribution is 2.27. The Balaban J connectivity index is 1.44. The van der Waals surface area contributed by atoms with Crippen LogP contribution in [0.5, 0.6) is 0 Å². The highest BCUT2D eigenvalue weighted by Gasteiger charge is 2.34. The van der Waals surface area contributed by atoms with Gasteiger partial charge in [0.15, 0.2) is 0 Å². The first-order chi connectivity index (χ1) is 14.2. The highest BCUT2D eigenvalue weighted by atomic mass is 16.5. The van der Waals surface area contributed by atoms with E-state index in [2.05, 4.69) is 20.9 Å². The molecule has 3 N–H and O–H groups in total. The number of benzene rings is 1. The Morgan fingerprint density at radius 1 is 1.14 bits per heavy atom. The number of hydrogen-bond donors (Lipinski definition) is 3. The number of carbonyl (C=O) groups excluding carboxylic acids is 2. The lowest BCUT2D eigenvalue weighted by Crippen LogP contribution is -2.50. The molecule has 1 aliphatic rings. The number of pyridine rings is 1. The third-order valence-electron chi connectivity index (χ3n) is 5.25. The zero-order valence-electron chi connectivity index (χ0n) is 16.6. The van der Waals surface area contributed by atoms with Crippen LogP contribution < -0.4 is 16.0 Å². The maximum atomic E-state index is 12.5. The summed E-state index contributed by atoms with van der Waals surface area (Å²) in [6.45, 7) is 0.583.